The fourth-order valence-electron chi connectivity index (χ4n) is 1.67. The number of benzene rings is 1. The monoisotopic (exact) mass is 297 g/mol. The van der Waals surface area contributed by atoms with E-state index in [-0.39, 0.29) is 10.6 Å². The minimum absolute atomic E-state index is 0.0448. The second kappa shape index (κ2) is 5.89. The summed E-state index contributed by atoms with van der Waals surface area (Å²) < 4.78 is 18.5. The van der Waals surface area contributed by atoms with Crippen LogP contribution in [-0.2, 0) is 6.42 Å². The predicted octanol–water partition coefficient (Wildman–Crippen LogP) is 3.46. The molecule has 4 nitrogen and oxygen atoms in total. The molecule has 0 amide bonds. The van der Waals surface area contributed by atoms with Gasteiger partial charge in [0, 0.05) is 18.5 Å². The molecule has 1 aromatic heterocycles. The van der Waals surface area contributed by atoms with Gasteiger partial charge in [0.1, 0.15) is 5.82 Å². The lowest BCUT2D eigenvalue weighted by molar-refractivity contribution is 0.412. The highest BCUT2D eigenvalue weighted by Gasteiger charge is 2.13. The van der Waals surface area contributed by atoms with Crippen molar-refractivity contribution in [1.29, 1.82) is 0 Å². The average molecular weight is 298 g/mol. The van der Waals surface area contributed by atoms with Crippen LogP contribution in [-0.4, -0.2) is 22.3 Å². The van der Waals surface area contributed by atoms with Gasteiger partial charge in [-0.15, -0.1) is 10.2 Å². The molecule has 0 saturated heterocycles. The summed E-state index contributed by atoms with van der Waals surface area (Å²) in [7, 11) is 0. The van der Waals surface area contributed by atoms with Crippen LogP contribution >= 0.6 is 11.6 Å². The number of hydrogen-bond acceptors (Lipinski definition) is 4. The van der Waals surface area contributed by atoms with Gasteiger partial charge in [-0.25, -0.2) is 4.39 Å². The Labute approximate surface area is 122 Å². The van der Waals surface area contributed by atoms with E-state index < -0.39 is 5.82 Å². The van der Waals surface area contributed by atoms with E-state index in [9.17, 15) is 4.39 Å². The Hall–Kier alpha value is -1.46. The van der Waals surface area contributed by atoms with Crippen LogP contribution in [0.5, 0.6) is 0 Å². The van der Waals surface area contributed by atoms with E-state index in [0.29, 0.717) is 23.8 Å². The molecule has 0 aliphatic heterocycles. The summed E-state index contributed by atoms with van der Waals surface area (Å²) in [6.45, 7) is 7.00. The summed E-state index contributed by atoms with van der Waals surface area (Å²) in [5, 5.41) is 11.5. The summed E-state index contributed by atoms with van der Waals surface area (Å²) in [4.78, 5) is 0. The molecule has 0 radical (unpaired) electrons. The lowest BCUT2D eigenvalue weighted by atomic mass is 10.1. The zero-order chi connectivity index (χ0) is 14.8. The highest BCUT2D eigenvalue weighted by molar-refractivity contribution is 6.33. The smallest absolute Gasteiger partial charge is 0.249 e. The predicted molar refractivity (Wildman–Crippen MR) is 76.2 cm³/mol. The van der Waals surface area contributed by atoms with Gasteiger partial charge in [0.25, 0.3) is 0 Å². The number of nitrogens with one attached hydrogen (secondary N) is 1. The molecule has 0 aliphatic rings. The van der Waals surface area contributed by atoms with Crippen LogP contribution < -0.4 is 5.32 Å². The van der Waals surface area contributed by atoms with Gasteiger partial charge in [-0.1, -0.05) is 11.6 Å². The van der Waals surface area contributed by atoms with Gasteiger partial charge >= 0.3 is 0 Å². The Bertz CT molecular complexity index is 592. The second-order valence-corrected chi connectivity index (χ2v) is 5.96. The van der Waals surface area contributed by atoms with Crippen molar-refractivity contribution in [3.05, 3.63) is 34.9 Å². The van der Waals surface area contributed by atoms with Crippen molar-refractivity contribution in [2.75, 3.05) is 6.54 Å². The summed E-state index contributed by atoms with van der Waals surface area (Å²) in [5.74, 6) is 0.436. The maximum Gasteiger partial charge on any atom is 0.249 e. The van der Waals surface area contributed by atoms with Crippen molar-refractivity contribution in [2.45, 2.75) is 32.7 Å². The zero-order valence-corrected chi connectivity index (χ0v) is 12.5. The largest absolute Gasteiger partial charge is 0.421 e. The van der Waals surface area contributed by atoms with Gasteiger partial charge in [-0.2, -0.15) is 0 Å². The minimum atomic E-state index is -0.395. The Kier molecular flexibility index (Phi) is 4.40. The fraction of sp³-hybridized carbons (Fsp3) is 0.429. The van der Waals surface area contributed by atoms with Crippen LogP contribution in [0.15, 0.2) is 22.6 Å². The molecular weight excluding hydrogens is 281 g/mol. The number of nitrogens with zero attached hydrogens (tertiary/aromatic N) is 2. The molecule has 0 aliphatic carbocycles. The number of halogens is 2. The van der Waals surface area contributed by atoms with E-state index in [1.807, 2.05) is 0 Å². The van der Waals surface area contributed by atoms with Crippen molar-refractivity contribution in [3.63, 3.8) is 0 Å². The standard InChI is InChI=1S/C14H17ClFN3O/c1-14(2,3)17-7-6-12-18-19-13(20-12)10-5-4-9(16)8-11(10)15/h4-5,8,17H,6-7H2,1-3H3. The highest BCUT2D eigenvalue weighted by Crippen LogP contribution is 2.27. The third-order valence-corrected chi connectivity index (χ3v) is 2.94. The van der Waals surface area contributed by atoms with E-state index in [4.69, 9.17) is 16.0 Å². The van der Waals surface area contributed by atoms with Crippen molar-refractivity contribution in [1.82, 2.24) is 15.5 Å². The van der Waals surface area contributed by atoms with Gasteiger partial charge < -0.3 is 9.73 Å². The first-order valence-corrected chi connectivity index (χ1v) is 6.76. The quantitative estimate of drug-likeness (QED) is 0.939. The molecule has 0 atom stereocenters. The maximum atomic E-state index is 13.0. The molecule has 1 aromatic carbocycles. The Morgan fingerprint density at radius 2 is 2.05 bits per heavy atom. The molecule has 0 fully saturated rings. The van der Waals surface area contributed by atoms with E-state index in [1.54, 1.807) is 0 Å². The van der Waals surface area contributed by atoms with E-state index in [1.165, 1.54) is 18.2 Å². The first-order valence-electron chi connectivity index (χ1n) is 6.38. The van der Waals surface area contributed by atoms with Crippen LogP contribution in [0.3, 0.4) is 0 Å². The zero-order valence-electron chi connectivity index (χ0n) is 11.7. The molecule has 2 aromatic rings. The molecule has 20 heavy (non-hydrogen) atoms. The molecule has 0 unspecified atom stereocenters. The van der Waals surface area contributed by atoms with Crippen molar-refractivity contribution < 1.29 is 8.81 Å². The second-order valence-electron chi connectivity index (χ2n) is 5.55. The van der Waals surface area contributed by atoms with E-state index in [2.05, 4.69) is 36.3 Å². The van der Waals surface area contributed by atoms with Crippen LogP contribution in [0, 0.1) is 5.82 Å². The van der Waals surface area contributed by atoms with E-state index >= 15 is 0 Å². The molecule has 1 N–H and O–H groups in total. The van der Waals surface area contributed by atoms with E-state index in [0.717, 1.165) is 6.54 Å². The Morgan fingerprint density at radius 1 is 1.30 bits per heavy atom. The van der Waals surface area contributed by atoms with Gasteiger partial charge in [0.05, 0.1) is 10.6 Å². The highest BCUT2D eigenvalue weighted by atomic mass is 35.5. The van der Waals surface area contributed by atoms with Gasteiger partial charge in [-0.3, -0.25) is 0 Å². The molecular formula is C14H17ClFN3O. The third kappa shape index (κ3) is 4.02. The van der Waals surface area contributed by atoms with Crippen molar-refractivity contribution in [3.8, 4) is 11.5 Å². The van der Waals surface area contributed by atoms with Gasteiger partial charge in [0.15, 0.2) is 0 Å². The number of hydrogen-bond donors (Lipinski definition) is 1. The first kappa shape index (κ1) is 14.9. The molecule has 0 saturated carbocycles. The number of aromatic nitrogens is 2. The molecule has 6 heteroatoms. The molecule has 0 bridgehead atoms. The minimum Gasteiger partial charge on any atom is -0.421 e. The summed E-state index contributed by atoms with van der Waals surface area (Å²) >= 11 is 5.96. The SMILES string of the molecule is CC(C)(C)NCCc1nnc(-c2ccc(F)cc2Cl)o1. The average Bonchev–Trinajstić information content (AvgIpc) is 2.75. The maximum absolute atomic E-state index is 13.0. The van der Waals surface area contributed by atoms with Crippen LogP contribution in [0.2, 0.25) is 5.02 Å². The summed E-state index contributed by atoms with van der Waals surface area (Å²) in [5.41, 5.74) is 0.582. The fourth-order valence-corrected chi connectivity index (χ4v) is 1.92. The Morgan fingerprint density at radius 3 is 2.70 bits per heavy atom. The first-order chi connectivity index (χ1) is 9.35. The van der Waals surface area contributed by atoms with Crippen LogP contribution in [0.1, 0.15) is 26.7 Å². The van der Waals surface area contributed by atoms with Crippen LogP contribution in [0.4, 0.5) is 4.39 Å². The van der Waals surface area contributed by atoms with Gasteiger partial charge in [-0.05, 0) is 39.0 Å². The van der Waals surface area contributed by atoms with Crippen molar-refractivity contribution >= 4 is 11.6 Å². The summed E-state index contributed by atoms with van der Waals surface area (Å²) in [6.07, 6.45) is 0.628. The lowest BCUT2D eigenvalue weighted by Gasteiger charge is -2.19. The Balaban J connectivity index is 2.05. The lowest BCUT2D eigenvalue weighted by Crippen LogP contribution is -2.37. The molecule has 2 rings (SSSR count). The molecule has 108 valence electrons. The van der Waals surface area contributed by atoms with Gasteiger partial charge in [0.2, 0.25) is 11.8 Å². The van der Waals surface area contributed by atoms with Crippen molar-refractivity contribution in [2.24, 2.45) is 0 Å². The van der Waals surface area contributed by atoms with Crippen LogP contribution in [0.25, 0.3) is 11.5 Å². The molecule has 0 spiro atoms. The topological polar surface area (TPSA) is 51.0 Å². The summed E-state index contributed by atoms with van der Waals surface area (Å²) in [6, 6.07) is 4.07. The third-order valence-electron chi connectivity index (χ3n) is 2.62. The normalized spacial score (nSPS) is 11.8. The molecule has 1 heterocycles. The number of rotatable bonds is 4.